The van der Waals surface area contributed by atoms with Crippen LogP contribution in [0.2, 0.25) is 5.02 Å². The van der Waals surface area contributed by atoms with E-state index in [-0.39, 0.29) is 6.54 Å². The number of benzene rings is 2. The van der Waals surface area contributed by atoms with E-state index in [2.05, 4.69) is 0 Å². The molecule has 0 radical (unpaired) electrons. The van der Waals surface area contributed by atoms with Gasteiger partial charge in [0.25, 0.3) is 0 Å². The van der Waals surface area contributed by atoms with Crippen molar-refractivity contribution in [1.82, 2.24) is 9.13 Å². The zero-order valence-corrected chi connectivity index (χ0v) is 13.2. The van der Waals surface area contributed by atoms with E-state index in [9.17, 15) is 14.4 Å². The highest BCUT2D eigenvalue weighted by molar-refractivity contribution is 6.30. The summed E-state index contributed by atoms with van der Waals surface area (Å²) in [5.41, 5.74) is 0.0914. The normalized spacial score (nSPS) is 10.9. The third-order valence-corrected chi connectivity index (χ3v) is 3.94. The Bertz CT molecular complexity index is 1040. The van der Waals surface area contributed by atoms with E-state index in [4.69, 9.17) is 16.7 Å². The summed E-state index contributed by atoms with van der Waals surface area (Å²) in [4.78, 5) is 35.8. The maximum Gasteiger partial charge on any atom is 0.323 e. The van der Waals surface area contributed by atoms with Gasteiger partial charge in [-0.2, -0.15) is 0 Å². The van der Waals surface area contributed by atoms with Gasteiger partial charge in [-0.25, -0.2) is 0 Å². The predicted octanol–water partition coefficient (Wildman–Crippen LogP) is 1.95. The number of aliphatic carboxylic acids is 1. The number of aromatic nitrogens is 2. The molecule has 0 aliphatic heterocycles. The van der Waals surface area contributed by atoms with E-state index in [1.807, 2.05) is 0 Å². The molecule has 122 valence electrons. The molecule has 0 saturated heterocycles. The van der Waals surface area contributed by atoms with Crippen LogP contribution in [0.3, 0.4) is 0 Å². The summed E-state index contributed by atoms with van der Waals surface area (Å²) in [7, 11) is 0. The van der Waals surface area contributed by atoms with Gasteiger partial charge in [-0.15, -0.1) is 0 Å². The molecular formula is C17H13ClN2O4. The average Bonchev–Trinajstić information content (AvgIpc) is 2.57. The summed E-state index contributed by atoms with van der Waals surface area (Å²) in [6.45, 7) is -0.365. The van der Waals surface area contributed by atoms with Gasteiger partial charge in [0.2, 0.25) is 0 Å². The van der Waals surface area contributed by atoms with Crippen molar-refractivity contribution in [1.29, 1.82) is 0 Å². The van der Waals surface area contributed by atoms with Gasteiger partial charge in [0, 0.05) is 5.02 Å². The minimum absolute atomic E-state index is 0.194. The second kappa shape index (κ2) is 6.33. The molecule has 0 spiro atoms. The van der Waals surface area contributed by atoms with Crippen LogP contribution in [0.4, 0.5) is 0 Å². The zero-order valence-electron chi connectivity index (χ0n) is 12.5. The Morgan fingerprint density at radius 3 is 2.04 bits per heavy atom. The van der Waals surface area contributed by atoms with Crippen LogP contribution in [-0.4, -0.2) is 20.2 Å². The van der Waals surface area contributed by atoms with Crippen molar-refractivity contribution >= 4 is 28.6 Å². The van der Waals surface area contributed by atoms with Gasteiger partial charge in [0.05, 0.1) is 17.6 Å². The molecule has 3 aromatic rings. The molecule has 1 N–H and O–H groups in total. The molecule has 0 aliphatic rings. The van der Waals surface area contributed by atoms with Crippen LogP contribution >= 0.6 is 11.6 Å². The molecule has 0 saturated carbocycles. The summed E-state index contributed by atoms with van der Waals surface area (Å²) in [6, 6.07) is 13.7. The molecule has 1 aromatic heterocycles. The van der Waals surface area contributed by atoms with Gasteiger partial charge in [-0.3, -0.25) is 23.5 Å². The van der Waals surface area contributed by atoms with E-state index in [1.165, 1.54) is 4.57 Å². The number of hydrogen-bond acceptors (Lipinski definition) is 3. The zero-order chi connectivity index (χ0) is 17.3. The molecule has 2 aromatic carbocycles. The minimum Gasteiger partial charge on any atom is -0.480 e. The van der Waals surface area contributed by atoms with Gasteiger partial charge in [0.1, 0.15) is 6.54 Å². The number of halogens is 1. The lowest BCUT2D eigenvalue weighted by atomic mass is 10.2. The topological polar surface area (TPSA) is 81.3 Å². The number of carboxylic acid groups (broad SMARTS) is 1. The summed E-state index contributed by atoms with van der Waals surface area (Å²) in [5, 5.41) is 9.57. The first-order valence-electron chi connectivity index (χ1n) is 7.16. The van der Waals surface area contributed by atoms with Gasteiger partial charge < -0.3 is 5.11 Å². The van der Waals surface area contributed by atoms with E-state index in [0.717, 1.165) is 10.1 Å². The number of para-hydroxylation sites is 2. The van der Waals surface area contributed by atoms with Gasteiger partial charge >= 0.3 is 17.1 Å². The van der Waals surface area contributed by atoms with Crippen molar-refractivity contribution in [2.75, 3.05) is 0 Å². The number of hydrogen-bond donors (Lipinski definition) is 1. The Morgan fingerprint density at radius 2 is 1.46 bits per heavy atom. The molecule has 24 heavy (non-hydrogen) atoms. The Labute approximate surface area is 141 Å². The Morgan fingerprint density at radius 1 is 0.917 bits per heavy atom. The SMILES string of the molecule is O=C(O)Cn1c(=O)c(=O)n(Cc2ccc(Cl)cc2)c2ccccc21. The highest BCUT2D eigenvalue weighted by Gasteiger charge is 2.14. The van der Waals surface area contributed by atoms with Gasteiger partial charge in [-0.05, 0) is 29.8 Å². The summed E-state index contributed by atoms with van der Waals surface area (Å²) in [5.74, 6) is -1.18. The van der Waals surface area contributed by atoms with Crippen molar-refractivity contribution in [2.45, 2.75) is 13.1 Å². The first kappa shape index (κ1) is 16.0. The van der Waals surface area contributed by atoms with Crippen LogP contribution < -0.4 is 11.1 Å². The molecular weight excluding hydrogens is 332 g/mol. The summed E-state index contributed by atoms with van der Waals surface area (Å²) >= 11 is 5.86. The Hall–Kier alpha value is -2.86. The third kappa shape index (κ3) is 2.96. The second-order valence-corrected chi connectivity index (χ2v) is 5.73. The average molecular weight is 345 g/mol. The molecule has 0 atom stereocenters. The number of nitrogens with zero attached hydrogens (tertiary/aromatic N) is 2. The number of carboxylic acids is 1. The standard InChI is InChI=1S/C17H13ClN2O4/c18-12-7-5-11(6-8-12)9-19-13-3-1-2-4-14(13)20(10-15(21)22)17(24)16(19)23/h1-8H,9-10H2,(H,21,22). The molecule has 1 heterocycles. The van der Waals surface area contributed by atoms with Crippen LogP contribution in [0.1, 0.15) is 5.56 Å². The van der Waals surface area contributed by atoms with Gasteiger partial charge in [-0.1, -0.05) is 35.9 Å². The first-order valence-corrected chi connectivity index (χ1v) is 7.54. The Balaban J connectivity index is 2.23. The van der Waals surface area contributed by atoms with Crippen LogP contribution in [0.5, 0.6) is 0 Å². The molecule has 0 aliphatic carbocycles. The smallest absolute Gasteiger partial charge is 0.323 e. The van der Waals surface area contributed by atoms with Crippen molar-refractivity contribution < 1.29 is 9.90 Å². The van der Waals surface area contributed by atoms with E-state index in [0.29, 0.717) is 16.1 Å². The van der Waals surface area contributed by atoms with Crippen LogP contribution in [0.25, 0.3) is 11.0 Å². The summed E-state index contributed by atoms with van der Waals surface area (Å²) in [6.07, 6.45) is 0. The third-order valence-electron chi connectivity index (χ3n) is 3.68. The van der Waals surface area contributed by atoms with Crippen LogP contribution in [-0.2, 0) is 17.9 Å². The second-order valence-electron chi connectivity index (χ2n) is 5.29. The lowest BCUT2D eigenvalue weighted by Gasteiger charge is -2.14. The maximum absolute atomic E-state index is 12.5. The molecule has 0 amide bonds. The quantitative estimate of drug-likeness (QED) is 0.733. The fraction of sp³-hybridized carbons (Fsp3) is 0.118. The van der Waals surface area contributed by atoms with Crippen molar-refractivity contribution in [3.63, 3.8) is 0 Å². The maximum atomic E-state index is 12.5. The fourth-order valence-electron chi connectivity index (χ4n) is 2.59. The molecule has 7 heteroatoms. The van der Waals surface area contributed by atoms with Crippen LogP contribution in [0, 0.1) is 0 Å². The monoisotopic (exact) mass is 344 g/mol. The molecule has 0 unspecified atom stereocenters. The molecule has 6 nitrogen and oxygen atoms in total. The van der Waals surface area contributed by atoms with Gasteiger partial charge in [0.15, 0.2) is 0 Å². The van der Waals surface area contributed by atoms with E-state index < -0.39 is 23.6 Å². The van der Waals surface area contributed by atoms with Crippen molar-refractivity contribution in [3.05, 3.63) is 79.8 Å². The lowest BCUT2D eigenvalue weighted by molar-refractivity contribution is -0.137. The van der Waals surface area contributed by atoms with Crippen molar-refractivity contribution in [2.24, 2.45) is 0 Å². The number of rotatable bonds is 4. The van der Waals surface area contributed by atoms with E-state index >= 15 is 0 Å². The van der Waals surface area contributed by atoms with Crippen LogP contribution in [0.15, 0.2) is 58.1 Å². The lowest BCUT2D eigenvalue weighted by Crippen LogP contribution is -2.42. The highest BCUT2D eigenvalue weighted by atomic mass is 35.5. The fourth-order valence-corrected chi connectivity index (χ4v) is 2.72. The first-order chi connectivity index (χ1) is 11.5. The number of carbonyl (C=O) groups is 1. The minimum atomic E-state index is -1.18. The molecule has 3 rings (SSSR count). The number of fused-ring (bicyclic) bond motifs is 1. The highest BCUT2D eigenvalue weighted by Crippen LogP contribution is 2.14. The Kier molecular flexibility index (Phi) is 4.22. The molecule has 0 bridgehead atoms. The molecule has 0 fully saturated rings. The predicted molar refractivity (Wildman–Crippen MR) is 90.7 cm³/mol. The largest absolute Gasteiger partial charge is 0.480 e. The van der Waals surface area contributed by atoms with Crippen molar-refractivity contribution in [3.8, 4) is 0 Å². The summed E-state index contributed by atoms with van der Waals surface area (Å²) < 4.78 is 2.33. The van der Waals surface area contributed by atoms with E-state index in [1.54, 1.807) is 48.5 Å².